The van der Waals surface area contributed by atoms with Gasteiger partial charge in [0.25, 0.3) is 0 Å². The van der Waals surface area contributed by atoms with Gasteiger partial charge >= 0.3 is 38.9 Å². The second-order valence-corrected chi connectivity index (χ2v) is 3.88. The molecule has 12 heavy (non-hydrogen) atoms. The van der Waals surface area contributed by atoms with E-state index >= 15 is 0 Å². The van der Waals surface area contributed by atoms with Crippen molar-refractivity contribution in [1.82, 2.24) is 0 Å². The van der Waals surface area contributed by atoms with Crippen LogP contribution in [0.5, 0.6) is 5.75 Å². The summed E-state index contributed by atoms with van der Waals surface area (Å²) in [5, 5.41) is 0. The number of rotatable bonds is 2. The van der Waals surface area contributed by atoms with Gasteiger partial charge in [0.15, 0.2) is 0 Å². The van der Waals surface area contributed by atoms with E-state index < -0.39 is 9.33 Å². The molecule has 0 aliphatic heterocycles. The fourth-order valence-corrected chi connectivity index (χ4v) is 1.15. The van der Waals surface area contributed by atoms with Crippen LogP contribution in [0, 0.1) is 0 Å². The first-order chi connectivity index (χ1) is 5.08. The topological polar surface area (TPSA) is 43.4 Å². The number of para-hydroxylation sites is 1. The molecule has 1 aromatic carbocycles. The van der Waals surface area contributed by atoms with Crippen molar-refractivity contribution in [2.24, 2.45) is 0 Å². The fraction of sp³-hybridized carbons (Fsp3) is 0. The molecule has 0 radical (unpaired) electrons. The van der Waals surface area contributed by atoms with Gasteiger partial charge in [-0.05, 0) is 12.1 Å². The van der Waals surface area contributed by atoms with Crippen molar-refractivity contribution in [3.8, 4) is 5.75 Å². The Labute approximate surface area is 97.6 Å². The first kappa shape index (κ1) is 12.3. The average Bonchev–Trinajstić information content (AvgIpc) is 1.85. The molecule has 1 rings (SSSR count). The summed E-state index contributed by atoms with van der Waals surface area (Å²) in [4.78, 5) is 0. The molecule has 0 amide bonds. The SMILES string of the molecule is O=S(=O)(Cl)Oc1ccccc1.[NaH]. The van der Waals surface area contributed by atoms with E-state index in [1.165, 1.54) is 12.1 Å². The van der Waals surface area contributed by atoms with Crippen LogP contribution in [0.2, 0.25) is 0 Å². The van der Waals surface area contributed by atoms with Gasteiger partial charge in [0.2, 0.25) is 0 Å². The summed E-state index contributed by atoms with van der Waals surface area (Å²) in [6.45, 7) is 0. The quantitative estimate of drug-likeness (QED) is 0.545. The van der Waals surface area contributed by atoms with Gasteiger partial charge in [-0.1, -0.05) is 18.2 Å². The predicted octanol–water partition coefficient (Wildman–Crippen LogP) is 0.901. The van der Waals surface area contributed by atoms with E-state index in [-0.39, 0.29) is 35.3 Å². The number of halogens is 1. The van der Waals surface area contributed by atoms with Crippen LogP contribution < -0.4 is 4.18 Å². The Morgan fingerprint density at radius 1 is 1.17 bits per heavy atom. The number of benzene rings is 1. The first-order valence-electron chi connectivity index (χ1n) is 2.77. The summed E-state index contributed by atoms with van der Waals surface area (Å²) in [5.74, 6) is 0.211. The Morgan fingerprint density at radius 3 is 2.08 bits per heavy atom. The minimum atomic E-state index is -3.90. The Kier molecular flexibility index (Phi) is 5.20. The molecule has 0 aliphatic carbocycles. The zero-order valence-electron chi connectivity index (χ0n) is 5.40. The molecule has 3 nitrogen and oxygen atoms in total. The van der Waals surface area contributed by atoms with E-state index in [0.29, 0.717) is 0 Å². The van der Waals surface area contributed by atoms with Crippen molar-refractivity contribution in [3.63, 3.8) is 0 Å². The third-order valence-corrected chi connectivity index (χ3v) is 1.52. The molecule has 62 valence electrons. The van der Waals surface area contributed by atoms with Gasteiger partial charge < -0.3 is 4.18 Å². The zero-order chi connectivity index (χ0) is 8.32. The van der Waals surface area contributed by atoms with Crippen LogP contribution in [0.1, 0.15) is 0 Å². The second kappa shape index (κ2) is 5.09. The summed E-state index contributed by atoms with van der Waals surface area (Å²) in [5.41, 5.74) is 0. The zero-order valence-corrected chi connectivity index (χ0v) is 6.97. The maximum atomic E-state index is 10.3. The standard InChI is InChI=1S/C6H5ClO3S.Na.H/c7-11(8,9)10-6-4-2-1-3-5-6;;/h1-5H;;. The number of hydrogen-bond donors (Lipinski definition) is 0. The van der Waals surface area contributed by atoms with Crippen molar-refractivity contribution < 1.29 is 12.6 Å². The van der Waals surface area contributed by atoms with Crippen molar-refractivity contribution >= 4 is 49.6 Å². The Morgan fingerprint density at radius 2 is 1.67 bits per heavy atom. The molecule has 0 heterocycles. The first-order valence-corrected chi connectivity index (χ1v) is 5.00. The third-order valence-electron chi connectivity index (χ3n) is 0.939. The molecule has 0 bridgehead atoms. The van der Waals surface area contributed by atoms with Crippen LogP contribution in [0.25, 0.3) is 0 Å². The summed E-state index contributed by atoms with van der Waals surface area (Å²) >= 11 is 0. The van der Waals surface area contributed by atoms with Gasteiger partial charge in [0, 0.05) is 0 Å². The van der Waals surface area contributed by atoms with Crippen LogP contribution in [-0.2, 0) is 9.33 Å². The van der Waals surface area contributed by atoms with Crippen LogP contribution >= 0.6 is 10.7 Å². The molecule has 0 saturated heterocycles. The second-order valence-electron chi connectivity index (χ2n) is 1.79. The van der Waals surface area contributed by atoms with E-state index in [2.05, 4.69) is 4.18 Å². The van der Waals surface area contributed by atoms with E-state index in [0.717, 1.165) is 0 Å². The minimum absolute atomic E-state index is 0. The Bertz CT molecular complexity index is 324. The van der Waals surface area contributed by atoms with E-state index in [1.807, 2.05) is 0 Å². The van der Waals surface area contributed by atoms with Crippen LogP contribution in [-0.4, -0.2) is 38.0 Å². The Hall–Kier alpha value is 0.260. The molecule has 0 aliphatic rings. The van der Waals surface area contributed by atoms with Gasteiger partial charge in [-0.25, -0.2) is 0 Å². The summed E-state index contributed by atoms with van der Waals surface area (Å²) in [7, 11) is 0.913. The maximum absolute atomic E-state index is 10.3. The molecular formula is C6H6ClNaO3S. The molecule has 0 atom stereocenters. The van der Waals surface area contributed by atoms with Gasteiger partial charge in [0.05, 0.1) is 10.7 Å². The Balaban J connectivity index is 0.00000121. The van der Waals surface area contributed by atoms with Crippen molar-refractivity contribution in [3.05, 3.63) is 30.3 Å². The van der Waals surface area contributed by atoms with Crippen LogP contribution in [0.3, 0.4) is 0 Å². The molecule has 0 fully saturated rings. The van der Waals surface area contributed by atoms with E-state index in [9.17, 15) is 8.42 Å². The fourth-order valence-electron chi connectivity index (χ4n) is 0.591. The predicted molar refractivity (Wildman–Crippen MR) is 49.0 cm³/mol. The van der Waals surface area contributed by atoms with E-state index in [1.54, 1.807) is 18.2 Å². The van der Waals surface area contributed by atoms with Gasteiger partial charge in [-0.2, -0.15) is 8.42 Å². The van der Waals surface area contributed by atoms with Gasteiger partial charge in [-0.15, -0.1) is 0 Å². The number of hydrogen-bond acceptors (Lipinski definition) is 3. The molecule has 0 aromatic heterocycles. The van der Waals surface area contributed by atoms with Gasteiger partial charge in [0.1, 0.15) is 5.75 Å². The molecule has 0 saturated carbocycles. The molecule has 0 spiro atoms. The molecule has 1 aromatic rings. The monoisotopic (exact) mass is 216 g/mol. The summed E-state index contributed by atoms with van der Waals surface area (Å²) in [6.07, 6.45) is 0. The van der Waals surface area contributed by atoms with Crippen molar-refractivity contribution in [1.29, 1.82) is 0 Å². The van der Waals surface area contributed by atoms with Crippen molar-refractivity contribution in [2.45, 2.75) is 0 Å². The summed E-state index contributed by atoms with van der Waals surface area (Å²) in [6, 6.07) is 8.04. The molecule has 6 heteroatoms. The third kappa shape index (κ3) is 5.00. The summed E-state index contributed by atoms with van der Waals surface area (Å²) < 4.78 is 25.0. The van der Waals surface area contributed by atoms with Gasteiger partial charge in [-0.3, -0.25) is 0 Å². The average molecular weight is 217 g/mol. The van der Waals surface area contributed by atoms with Crippen molar-refractivity contribution in [2.75, 3.05) is 0 Å². The molecular weight excluding hydrogens is 211 g/mol. The molecule has 0 N–H and O–H groups in total. The van der Waals surface area contributed by atoms with Crippen LogP contribution in [0.15, 0.2) is 30.3 Å². The van der Waals surface area contributed by atoms with E-state index in [4.69, 9.17) is 10.7 Å². The molecule has 0 unspecified atom stereocenters. The van der Waals surface area contributed by atoms with Crippen LogP contribution in [0.4, 0.5) is 0 Å². The normalized spacial score (nSPS) is 10.1.